The fourth-order valence-corrected chi connectivity index (χ4v) is 5.39. The van der Waals surface area contributed by atoms with Crippen molar-refractivity contribution in [2.24, 2.45) is 0 Å². The quantitative estimate of drug-likeness (QED) is 0.250. The van der Waals surface area contributed by atoms with Crippen LogP contribution in [0, 0.1) is 0 Å². The van der Waals surface area contributed by atoms with Gasteiger partial charge in [-0.3, -0.25) is 9.59 Å². The molecule has 2 aromatic carbocycles. The van der Waals surface area contributed by atoms with Crippen molar-refractivity contribution in [1.82, 2.24) is 14.5 Å². The Hall–Kier alpha value is -3.79. The number of imidazole rings is 1. The molecule has 0 saturated carbocycles. The minimum absolute atomic E-state index is 0.0146. The van der Waals surface area contributed by atoms with E-state index < -0.39 is 17.7 Å². The van der Waals surface area contributed by atoms with E-state index in [4.69, 9.17) is 9.47 Å². The molecule has 0 spiro atoms. The van der Waals surface area contributed by atoms with E-state index in [2.05, 4.69) is 20.9 Å². The third-order valence-corrected chi connectivity index (χ3v) is 7.27. The number of carbonyl (C=O) groups excluding carboxylic acids is 2. The van der Waals surface area contributed by atoms with Gasteiger partial charge in [-0.15, -0.1) is 0 Å². The van der Waals surface area contributed by atoms with Crippen molar-refractivity contribution < 1.29 is 29.3 Å². The molecule has 2 N–H and O–H groups in total. The number of phenols is 1. The second-order valence-electron chi connectivity index (χ2n) is 9.16. The van der Waals surface area contributed by atoms with Gasteiger partial charge in [0.25, 0.3) is 11.7 Å². The minimum atomic E-state index is -0.878. The maximum atomic E-state index is 13.4. The highest BCUT2D eigenvalue weighted by atomic mass is 79.9. The molecule has 5 rings (SSSR count). The number of hydrogen-bond donors (Lipinski definition) is 2. The van der Waals surface area contributed by atoms with Crippen LogP contribution in [0.1, 0.15) is 36.1 Å². The molecule has 0 radical (unpaired) electrons. The molecule has 3 aromatic rings. The summed E-state index contributed by atoms with van der Waals surface area (Å²) in [6.07, 6.45) is 6.46. The normalized spacial score (nSPS) is 20.2. The Kier molecular flexibility index (Phi) is 6.68. The van der Waals surface area contributed by atoms with Gasteiger partial charge in [0.05, 0.1) is 29.5 Å². The molecule has 0 aliphatic carbocycles. The smallest absolute Gasteiger partial charge is 0.295 e. The molecule has 1 amide bonds. The molecule has 37 heavy (non-hydrogen) atoms. The summed E-state index contributed by atoms with van der Waals surface area (Å²) in [7, 11) is 1.42. The topological polar surface area (TPSA) is 114 Å². The highest BCUT2D eigenvalue weighted by molar-refractivity contribution is 9.10. The number of ketones is 1. The summed E-state index contributed by atoms with van der Waals surface area (Å²) >= 11 is 3.33. The van der Waals surface area contributed by atoms with E-state index >= 15 is 0 Å². The number of carbonyl (C=O) groups is 2. The van der Waals surface area contributed by atoms with Gasteiger partial charge in [0.15, 0.2) is 11.5 Å². The number of benzene rings is 2. The van der Waals surface area contributed by atoms with E-state index in [1.807, 2.05) is 17.7 Å². The maximum Gasteiger partial charge on any atom is 0.295 e. The third kappa shape index (κ3) is 4.57. The number of methoxy groups -OCH3 is 1. The predicted octanol–water partition coefficient (Wildman–Crippen LogP) is 4.20. The van der Waals surface area contributed by atoms with Gasteiger partial charge in [-0.2, -0.15) is 0 Å². The summed E-state index contributed by atoms with van der Waals surface area (Å²) in [5.41, 5.74) is 1.86. The molecule has 1 saturated heterocycles. The Morgan fingerprint density at radius 1 is 1.24 bits per heavy atom. The summed E-state index contributed by atoms with van der Waals surface area (Å²) in [6, 6.07) is 7.57. The van der Waals surface area contributed by atoms with Crippen LogP contribution in [0.25, 0.3) is 5.76 Å². The molecule has 9 nitrogen and oxygen atoms in total. The number of amides is 1. The molecule has 2 aliphatic rings. The Balaban J connectivity index is 1.59. The second-order valence-corrected chi connectivity index (χ2v) is 10.0. The van der Waals surface area contributed by atoms with E-state index in [-0.39, 0.29) is 35.5 Å². The number of aromatic hydroxyl groups is 1. The van der Waals surface area contributed by atoms with Crippen LogP contribution in [-0.2, 0) is 22.6 Å². The number of aliphatic hydroxyl groups is 1. The van der Waals surface area contributed by atoms with Crippen LogP contribution >= 0.6 is 15.9 Å². The molecule has 192 valence electrons. The number of rotatable bonds is 7. The lowest BCUT2D eigenvalue weighted by Crippen LogP contribution is -2.31. The number of Topliss-reactive ketones (excluding diaryl/α,β-unsaturated/α-hetero) is 1. The second kappa shape index (κ2) is 9.93. The van der Waals surface area contributed by atoms with Gasteiger partial charge in [-0.1, -0.05) is 0 Å². The van der Waals surface area contributed by atoms with Crippen molar-refractivity contribution in [2.45, 2.75) is 38.5 Å². The van der Waals surface area contributed by atoms with Crippen molar-refractivity contribution in [3.8, 4) is 17.2 Å². The molecule has 0 bridgehead atoms. The SMILES string of the molecule is COc1cc(C2/C(=C(\O)c3ccc4c(c3)CC(C)O4)C(=O)C(=O)N2CCCn2ccnc2)cc(Br)c1O. The minimum Gasteiger partial charge on any atom is -0.507 e. The van der Waals surface area contributed by atoms with Gasteiger partial charge in [-0.25, -0.2) is 4.98 Å². The number of halogens is 1. The van der Waals surface area contributed by atoms with Crippen LogP contribution in [0.2, 0.25) is 0 Å². The fourth-order valence-electron chi connectivity index (χ4n) is 4.93. The highest BCUT2D eigenvalue weighted by Gasteiger charge is 2.46. The zero-order valence-electron chi connectivity index (χ0n) is 20.3. The lowest BCUT2D eigenvalue weighted by Gasteiger charge is -2.26. The Morgan fingerprint density at radius 3 is 2.78 bits per heavy atom. The van der Waals surface area contributed by atoms with Crippen LogP contribution in [0.4, 0.5) is 0 Å². The van der Waals surface area contributed by atoms with E-state index in [1.54, 1.807) is 42.9 Å². The zero-order chi connectivity index (χ0) is 26.3. The standard InChI is InChI=1S/C27H26BrN3O6/c1-15-10-17-11-16(4-5-20(17)37-15)24(32)22-23(18-12-19(28)25(33)21(13-18)36-2)31(27(35)26(22)34)8-3-7-30-9-6-29-14-30/h4-6,9,11-15,23,32-33H,3,7-8,10H2,1-2H3/b24-22+. The number of likely N-dealkylation sites (tertiary alicyclic amines) is 1. The first-order chi connectivity index (χ1) is 17.8. The first-order valence-corrected chi connectivity index (χ1v) is 12.7. The van der Waals surface area contributed by atoms with E-state index in [1.165, 1.54) is 12.0 Å². The maximum absolute atomic E-state index is 13.4. The number of aromatic nitrogens is 2. The molecule has 2 atom stereocenters. The molecule has 2 aliphatic heterocycles. The fraction of sp³-hybridized carbons (Fsp3) is 0.296. The van der Waals surface area contributed by atoms with Crippen LogP contribution in [0.15, 0.2) is 59.1 Å². The van der Waals surface area contributed by atoms with E-state index in [0.29, 0.717) is 35.0 Å². The van der Waals surface area contributed by atoms with Gasteiger partial charge in [-0.05, 0) is 70.7 Å². The first kappa shape index (κ1) is 24.9. The van der Waals surface area contributed by atoms with E-state index in [9.17, 15) is 19.8 Å². The summed E-state index contributed by atoms with van der Waals surface area (Å²) in [5.74, 6) is -0.899. The molecule has 10 heteroatoms. The van der Waals surface area contributed by atoms with Gasteiger partial charge in [0, 0.05) is 37.5 Å². The number of phenolic OH excluding ortho intramolecular Hbond substituents is 1. The average molecular weight is 568 g/mol. The molecule has 2 unspecified atom stereocenters. The lowest BCUT2D eigenvalue weighted by molar-refractivity contribution is -0.139. The zero-order valence-corrected chi connectivity index (χ0v) is 21.9. The van der Waals surface area contributed by atoms with Gasteiger partial charge in [0.2, 0.25) is 0 Å². The van der Waals surface area contributed by atoms with Gasteiger partial charge in [0.1, 0.15) is 17.6 Å². The number of fused-ring (bicyclic) bond motifs is 1. The summed E-state index contributed by atoms with van der Waals surface area (Å²) in [4.78, 5) is 32.1. The van der Waals surface area contributed by atoms with Crippen molar-refractivity contribution in [1.29, 1.82) is 0 Å². The third-order valence-electron chi connectivity index (χ3n) is 6.67. The van der Waals surface area contributed by atoms with Crippen LogP contribution in [0.3, 0.4) is 0 Å². The van der Waals surface area contributed by atoms with Crippen molar-refractivity contribution >= 4 is 33.4 Å². The highest BCUT2D eigenvalue weighted by Crippen LogP contribution is 2.44. The number of aliphatic hydroxyl groups excluding tert-OH is 1. The lowest BCUT2D eigenvalue weighted by atomic mass is 9.94. The van der Waals surface area contributed by atoms with Gasteiger partial charge < -0.3 is 29.2 Å². The Labute approximate surface area is 222 Å². The van der Waals surface area contributed by atoms with Crippen molar-refractivity contribution in [3.63, 3.8) is 0 Å². The van der Waals surface area contributed by atoms with Crippen molar-refractivity contribution in [2.75, 3.05) is 13.7 Å². The Bertz CT molecular complexity index is 1400. The Morgan fingerprint density at radius 2 is 2.05 bits per heavy atom. The number of hydrogen-bond acceptors (Lipinski definition) is 7. The van der Waals surface area contributed by atoms with Crippen LogP contribution in [-0.4, -0.2) is 56.1 Å². The van der Waals surface area contributed by atoms with Crippen molar-refractivity contribution in [3.05, 3.63) is 75.8 Å². The summed E-state index contributed by atoms with van der Waals surface area (Å²) < 4.78 is 13.3. The van der Waals surface area contributed by atoms with Crippen LogP contribution < -0.4 is 9.47 Å². The molecule has 1 fully saturated rings. The molecule has 3 heterocycles. The largest absolute Gasteiger partial charge is 0.507 e. The van der Waals surface area contributed by atoms with Gasteiger partial charge >= 0.3 is 0 Å². The number of aryl methyl sites for hydroxylation is 1. The summed E-state index contributed by atoms with van der Waals surface area (Å²) in [6.45, 7) is 2.83. The first-order valence-electron chi connectivity index (χ1n) is 11.9. The van der Waals surface area contributed by atoms with E-state index in [0.717, 1.165) is 11.3 Å². The molecular formula is C27H26BrN3O6. The van der Waals surface area contributed by atoms with Crippen LogP contribution in [0.5, 0.6) is 17.2 Å². The number of ether oxygens (including phenoxy) is 2. The monoisotopic (exact) mass is 567 g/mol. The predicted molar refractivity (Wildman–Crippen MR) is 138 cm³/mol. The average Bonchev–Trinajstić information content (AvgIpc) is 3.59. The number of nitrogens with zero attached hydrogens (tertiary/aromatic N) is 3. The summed E-state index contributed by atoms with van der Waals surface area (Å²) in [5, 5.41) is 21.8. The molecular weight excluding hydrogens is 542 g/mol. The molecule has 1 aromatic heterocycles.